The summed E-state index contributed by atoms with van der Waals surface area (Å²) in [5.41, 5.74) is 0.519. The molecule has 1 aliphatic rings. The molecule has 19 heavy (non-hydrogen) atoms. The van der Waals surface area contributed by atoms with Crippen LogP contribution in [-0.4, -0.2) is 14.7 Å². The average Bonchev–Trinajstić information content (AvgIpc) is 2.89. The molecule has 96 valence electrons. The summed E-state index contributed by atoms with van der Waals surface area (Å²) in [4.78, 5) is 16.5. The third-order valence-corrected chi connectivity index (χ3v) is 3.53. The molecule has 1 aromatic heterocycles. The minimum Gasteiger partial charge on any atom is -0.504 e. The maximum atomic E-state index is 12.4. The molecule has 0 atom stereocenters. The number of allylic oxidation sites excluding steroid dienone is 4. The molecule has 0 bridgehead atoms. The van der Waals surface area contributed by atoms with E-state index in [0.717, 1.165) is 12.1 Å². The molecular weight excluding hydrogens is 287 g/mol. The van der Waals surface area contributed by atoms with Gasteiger partial charge in [-0.3, -0.25) is 9.36 Å². The van der Waals surface area contributed by atoms with E-state index in [1.54, 1.807) is 0 Å². The number of halogens is 2. The van der Waals surface area contributed by atoms with Gasteiger partial charge in [-0.25, -0.2) is 4.98 Å². The molecule has 4 nitrogen and oxygen atoms in total. The number of benzene rings is 1. The Morgan fingerprint density at radius 3 is 2.79 bits per heavy atom. The number of aromatic nitrogens is 2. The molecule has 0 radical (unpaired) electrons. The van der Waals surface area contributed by atoms with Crippen LogP contribution in [0, 0.1) is 0 Å². The van der Waals surface area contributed by atoms with E-state index in [9.17, 15) is 9.90 Å². The highest BCUT2D eigenvalue weighted by atomic mass is 35.5. The summed E-state index contributed by atoms with van der Waals surface area (Å²) in [5.74, 6) is -0.235. The average molecular weight is 295 g/mol. The molecule has 0 fully saturated rings. The number of phenols is 1. The second-order valence-corrected chi connectivity index (χ2v) is 4.91. The predicted octanol–water partition coefficient (Wildman–Crippen LogP) is 3.21. The third kappa shape index (κ3) is 1.84. The first-order chi connectivity index (χ1) is 9.09. The topological polar surface area (TPSA) is 55.1 Å². The number of rotatable bonds is 1. The fraction of sp³-hybridized carbons (Fsp3) is 0.0769. The van der Waals surface area contributed by atoms with Gasteiger partial charge in [-0.1, -0.05) is 35.4 Å². The third-order valence-electron chi connectivity index (χ3n) is 2.94. The molecule has 0 saturated carbocycles. The Balaban J connectivity index is 2.40. The van der Waals surface area contributed by atoms with Gasteiger partial charge in [-0.15, -0.1) is 0 Å². The molecule has 1 aromatic carbocycles. The SMILES string of the molecule is O=c1c2c(Cl)cc(Cl)c(O)c2ncn1C1=CCC=C1. The summed E-state index contributed by atoms with van der Waals surface area (Å²) < 4.78 is 1.39. The minimum absolute atomic E-state index is 0.0714. The molecule has 0 saturated heterocycles. The molecule has 6 heteroatoms. The van der Waals surface area contributed by atoms with Crippen LogP contribution in [0.3, 0.4) is 0 Å². The van der Waals surface area contributed by atoms with Crippen LogP contribution in [0.1, 0.15) is 6.42 Å². The zero-order valence-corrected chi connectivity index (χ0v) is 11.1. The van der Waals surface area contributed by atoms with Gasteiger partial charge in [-0.2, -0.15) is 0 Å². The molecule has 0 unspecified atom stereocenters. The van der Waals surface area contributed by atoms with Crippen molar-refractivity contribution in [2.24, 2.45) is 0 Å². The highest BCUT2D eigenvalue weighted by molar-refractivity contribution is 6.39. The molecule has 1 heterocycles. The normalized spacial score (nSPS) is 14.1. The van der Waals surface area contributed by atoms with Crippen LogP contribution in [0.25, 0.3) is 16.6 Å². The Hall–Kier alpha value is -1.78. The lowest BCUT2D eigenvalue weighted by molar-refractivity contribution is 0.480. The zero-order chi connectivity index (χ0) is 13.6. The smallest absolute Gasteiger partial charge is 0.267 e. The van der Waals surface area contributed by atoms with Gasteiger partial charge in [0.1, 0.15) is 11.8 Å². The lowest BCUT2D eigenvalue weighted by Crippen LogP contribution is -2.19. The zero-order valence-electron chi connectivity index (χ0n) is 9.60. The van der Waals surface area contributed by atoms with Gasteiger partial charge >= 0.3 is 0 Å². The Kier molecular flexibility index (Phi) is 2.84. The van der Waals surface area contributed by atoms with Crippen LogP contribution in [-0.2, 0) is 0 Å². The molecule has 0 spiro atoms. The highest BCUT2D eigenvalue weighted by Crippen LogP contribution is 2.34. The summed E-state index contributed by atoms with van der Waals surface area (Å²) in [7, 11) is 0. The maximum Gasteiger partial charge on any atom is 0.267 e. The van der Waals surface area contributed by atoms with Gasteiger partial charge in [0.2, 0.25) is 0 Å². The first-order valence-corrected chi connectivity index (χ1v) is 6.30. The number of aromatic hydroxyl groups is 1. The number of hydrogen-bond acceptors (Lipinski definition) is 3. The number of hydrogen-bond donors (Lipinski definition) is 1. The van der Waals surface area contributed by atoms with Crippen molar-refractivity contribution in [1.29, 1.82) is 0 Å². The molecule has 1 N–H and O–H groups in total. The van der Waals surface area contributed by atoms with E-state index in [0.29, 0.717) is 0 Å². The van der Waals surface area contributed by atoms with E-state index in [1.165, 1.54) is 17.0 Å². The largest absolute Gasteiger partial charge is 0.504 e. The predicted molar refractivity (Wildman–Crippen MR) is 75.7 cm³/mol. The second kappa shape index (κ2) is 4.40. The van der Waals surface area contributed by atoms with E-state index >= 15 is 0 Å². The molecule has 0 aliphatic heterocycles. The van der Waals surface area contributed by atoms with Crippen LogP contribution in [0.2, 0.25) is 10.0 Å². The van der Waals surface area contributed by atoms with Crippen molar-refractivity contribution in [3.63, 3.8) is 0 Å². The first kappa shape index (κ1) is 12.3. The van der Waals surface area contributed by atoms with Crippen molar-refractivity contribution in [2.45, 2.75) is 6.42 Å². The van der Waals surface area contributed by atoms with Gasteiger partial charge in [0.25, 0.3) is 5.56 Å². The van der Waals surface area contributed by atoms with E-state index in [-0.39, 0.29) is 32.3 Å². The van der Waals surface area contributed by atoms with Crippen LogP contribution in [0.5, 0.6) is 5.75 Å². The fourth-order valence-corrected chi connectivity index (χ4v) is 2.56. The molecule has 0 amide bonds. The summed E-state index contributed by atoms with van der Waals surface area (Å²) in [6.07, 6.45) is 7.81. The standard InChI is InChI=1S/C13H8Cl2N2O2/c14-8-5-9(15)12(18)11-10(8)13(19)17(6-16-11)7-3-1-2-4-7/h1,3-6,18H,2H2. The van der Waals surface area contributed by atoms with Crippen molar-refractivity contribution in [2.75, 3.05) is 0 Å². The number of phenolic OH excluding ortho intramolecular Hbond substituents is 1. The lowest BCUT2D eigenvalue weighted by atomic mass is 10.2. The van der Waals surface area contributed by atoms with Gasteiger partial charge in [0, 0.05) is 5.70 Å². The summed E-state index contributed by atoms with van der Waals surface area (Å²) in [6, 6.07) is 1.34. The Bertz CT molecular complexity index is 806. The highest BCUT2D eigenvalue weighted by Gasteiger charge is 2.16. The van der Waals surface area contributed by atoms with Crippen molar-refractivity contribution in [3.05, 3.63) is 51.0 Å². The molecule has 3 rings (SSSR count). The lowest BCUT2D eigenvalue weighted by Gasteiger charge is -2.08. The molecule has 1 aliphatic carbocycles. The monoisotopic (exact) mass is 294 g/mol. The first-order valence-electron chi connectivity index (χ1n) is 5.55. The van der Waals surface area contributed by atoms with Crippen molar-refractivity contribution in [1.82, 2.24) is 9.55 Å². The van der Waals surface area contributed by atoms with Gasteiger partial charge in [0.15, 0.2) is 5.75 Å². The fourth-order valence-electron chi connectivity index (χ4n) is 2.02. The summed E-state index contributed by atoms with van der Waals surface area (Å²) in [5, 5.41) is 10.2. The van der Waals surface area contributed by atoms with E-state index in [4.69, 9.17) is 23.2 Å². The minimum atomic E-state index is -0.334. The van der Waals surface area contributed by atoms with Crippen molar-refractivity contribution in [3.8, 4) is 5.75 Å². The Morgan fingerprint density at radius 2 is 2.11 bits per heavy atom. The van der Waals surface area contributed by atoms with Crippen LogP contribution in [0.15, 0.2) is 35.4 Å². The van der Waals surface area contributed by atoms with Gasteiger partial charge < -0.3 is 5.11 Å². The van der Waals surface area contributed by atoms with Gasteiger partial charge in [0.05, 0.1) is 15.4 Å². The maximum absolute atomic E-state index is 12.4. The summed E-state index contributed by atoms with van der Waals surface area (Å²) in [6.45, 7) is 0. The second-order valence-electron chi connectivity index (χ2n) is 4.10. The van der Waals surface area contributed by atoms with E-state index < -0.39 is 0 Å². The van der Waals surface area contributed by atoms with E-state index in [1.807, 2.05) is 18.2 Å². The Morgan fingerprint density at radius 1 is 1.32 bits per heavy atom. The van der Waals surface area contributed by atoms with Crippen LogP contribution >= 0.6 is 23.2 Å². The summed E-state index contributed by atoms with van der Waals surface area (Å²) >= 11 is 11.8. The van der Waals surface area contributed by atoms with Crippen molar-refractivity contribution >= 4 is 39.8 Å². The quantitative estimate of drug-likeness (QED) is 0.879. The molecular formula is C13H8Cl2N2O2. The number of nitrogens with zero attached hydrogens (tertiary/aromatic N) is 2. The van der Waals surface area contributed by atoms with Crippen LogP contribution < -0.4 is 5.56 Å². The van der Waals surface area contributed by atoms with Crippen LogP contribution in [0.4, 0.5) is 0 Å². The van der Waals surface area contributed by atoms with E-state index in [2.05, 4.69) is 4.98 Å². The number of fused-ring (bicyclic) bond motifs is 1. The van der Waals surface area contributed by atoms with Crippen molar-refractivity contribution < 1.29 is 5.11 Å². The Labute approximate surface area is 118 Å². The molecule has 2 aromatic rings. The van der Waals surface area contributed by atoms with Gasteiger partial charge in [-0.05, 0) is 18.6 Å².